The second kappa shape index (κ2) is 5.74. The van der Waals surface area contributed by atoms with Crippen LogP contribution in [0.1, 0.15) is 16.7 Å². The van der Waals surface area contributed by atoms with Gasteiger partial charge >= 0.3 is 0 Å². The highest BCUT2D eigenvalue weighted by Crippen LogP contribution is 2.39. The van der Waals surface area contributed by atoms with Gasteiger partial charge in [-0.05, 0) is 37.7 Å². The Hall–Kier alpha value is -2.07. The summed E-state index contributed by atoms with van der Waals surface area (Å²) in [5.41, 5.74) is 2.51. The zero-order chi connectivity index (χ0) is 14.8. The number of hydrogen-bond donors (Lipinski definition) is 1. The Kier molecular flexibility index (Phi) is 3.80. The van der Waals surface area contributed by atoms with Crippen LogP contribution in [0.4, 0.5) is 4.39 Å². The van der Waals surface area contributed by atoms with Crippen molar-refractivity contribution in [1.29, 1.82) is 0 Å². The SMILES string of the molecule is CNCc1cc(F)c(C)cc1Oc1cccc2c1OCC2. The molecular weight excluding hydrogens is 269 g/mol. The van der Waals surface area contributed by atoms with Crippen LogP contribution in [0, 0.1) is 12.7 Å². The van der Waals surface area contributed by atoms with Crippen LogP contribution in [0.15, 0.2) is 30.3 Å². The van der Waals surface area contributed by atoms with E-state index >= 15 is 0 Å². The fourth-order valence-corrected chi connectivity index (χ4v) is 2.50. The molecule has 3 nitrogen and oxygen atoms in total. The van der Waals surface area contributed by atoms with E-state index < -0.39 is 0 Å². The van der Waals surface area contributed by atoms with Crippen molar-refractivity contribution in [3.8, 4) is 17.2 Å². The molecule has 0 bridgehead atoms. The number of rotatable bonds is 4. The maximum absolute atomic E-state index is 13.7. The van der Waals surface area contributed by atoms with E-state index in [2.05, 4.69) is 5.32 Å². The van der Waals surface area contributed by atoms with Crippen molar-refractivity contribution in [1.82, 2.24) is 5.32 Å². The molecule has 110 valence electrons. The summed E-state index contributed by atoms with van der Waals surface area (Å²) in [6, 6.07) is 9.13. The highest BCUT2D eigenvalue weighted by molar-refractivity contribution is 5.51. The number of aryl methyl sites for hydroxylation is 1. The molecule has 0 fully saturated rings. The normalized spacial score (nSPS) is 12.9. The molecule has 1 N–H and O–H groups in total. The van der Waals surface area contributed by atoms with Gasteiger partial charge in [-0.1, -0.05) is 12.1 Å². The first-order valence-electron chi connectivity index (χ1n) is 7.05. The van der Waals surface area contributed by atoms with Crippen LogP contribution in [-0.2, 0) is 13.0 Å². The average molecular weight is 287 g/mol. The number of para-hydroxylation sites is 1. The molecule has 4 heteroatoms. The number of ether oxygens (including phenoxy) is 2. The van der Waals surface area contributed by atoms with Crippen molar-refractivity contribution in [3.63, 3.8) is 0 Å². The van der Waals surface area contributed by atoms with Crippen molar-refractivity contribution in [3.05, 3.63) is 52.8 Å². The average Bonchev–Trinajstić information content (AvgIpc) is 2.94. The van der Waals surface area contributed by atoms with Gasteiger partial charge in [0.15, 0.2) is 11.5 Å². The summed E-state index contributed by atoms with van der Waals surface area (Å²) in [5.74, 6) is 1.93. The monoisotopic (exact) mass is 287 g/mol. The fraction of sp³-hybridized carbons (Fsp3) is 0.294. The van der Waals surface area contributed by atoms with Crippen LogP contribution < -0.4 is 14.8 Å². The van der Waals surface area contributed by atoms with Gasteiger partial charge in [-0.25, -0.2) is 4.39 Å². The minimum atomic E-state index is -0.220. The highest BCUT2D eigenvalue weighted by Gasteiger charge is 2.18. The third-order valence-electron chi connectivity index (χ3n) is 3.61. The predicted molar refractivity (Wildman–Crippen MR) is 79.6 cm³/mol. The van der Waals surface area contributed by atoms with Crippen molar-refractivity contribution in [2.45, 2.75) is 19.9 Å². The van der Waals surface area contributed by atoms with Gasteiger partial charge < -0.3 is 14.8 Å². The summed E-state index contributed by atoms with van der Waals surface area (Å²) in [6.45, 7) is 2.96. The molecule has 1 aliphatic heterocycles. The molecule has 0 atom stereocenters. The van der Waals surface area contributed by atoms with Gasteiger partial charge in [0.1, 0.15) is 11.6 Å². The Balaban J connectivity index is 1.98. The van der Waals surface area contributed by atoms with Crippen LogP contribution >= 0.6 is 0 Å². The minimum absolute atomic E-state index is 0.220. The van der Waals surface area contributed by atoms with E-state index in [0.29, 0.717) is 30.2 Å². The lowest BCUT2D eigenvalue weighted by molar-refractivity contribution is 0.337. The van der Waals surface area contributed by atoms with Crippen LogP contribution in [0.5, 0.6) is 17.2 Å². The van der Waals surface area contributed by atoms with E-state index in [1.54, 1.807) is 13.0 Å². The third-order valence-corrected chi connectivity index (χ3v) is 3.61. The van der Waals surface area contributed by atoms with E-state index in [4.69, 9.17) is 9.47 Å². The van der Waals surface area contributed by atoms with Crippen molar-refractivity contribution < 1.29 is 13.9 Å². The Labute approximate surface area is 123 Å². The Morgan fingerprint density at radius 2 is 2.14 bits per heavy atom. The standard InChI is InChI=1S/C17H18FNO2/c1-11-8-16(13(10-19-2)9-14(11)18)21-15-5-3-4-12-6-7-20-17(12)15/h3-5,8-9,19H,6-7,10H2,1-2H3. The first kappa shape index (κ1) is 13.9. The maximum atomic E-state index is 13.7. The summed E-state index contributed by atoms with van der Waals surface area (Å²) in [4.78, 5) is 0. The first-order valence-corrected chi connectivity index (χ1v) is 7.05. The lowest BCUT2D eigenvalue weighted by Gasteiger charge is -2.14. The number of benzene rings is 2. The van der Waals surface area contributed by atoms with Gasteiger partial charge in [0.25, 0.3) is 0 Å². The van der Waals surface area contributed by atoms with Gasteiger partial charge in [0.05, 0.1) is 6.61 Å². The number of fused-ring (bicyclic) bond motifs is 1. The van der Waals surface area contributed by atoms with E-state index in [0.717, 1.165) is 23.3 Å². The Morgan fingerprint density at radius 3 is 2.95 bits per heavy atom. The molecule has 0 aliphatic carbocycles. The second-order valence-electron chi connectivity index (χ2n) is 5.18. The molecule has 0 amide bonds. The van der Waals surface area contributed by atoms with Gasteiger partial charge in [-0.3, -0.25) is 0 Å². The third kappa shape index (κ3) is 2.72. The molecule has 0 radical (unpaired) electrons. The van der Waals surface area contributed by atoms with Gasteiger partial charge in [0, 0.05) is 24.1 Å². The fourth-order valence-electron chi connectivity index (χ4n) is 2.50. The molecule has 2 aromatic rings. The summed E-state index contributed by atoms with van der Waals surface area (Å²) in [6.07, 6.45) is 0.901. The molecule has 21 heavy (non-hydrogen) atoms. The Bertz CT molecular complexity index is 670. The number of halogens is 1. The minimum Gasteiger partial charge on any atom is -0.489 e. The zero-order valence-corrected chi connectivity index (χ0v) is 12.2. The quantitative estimate of drug-likeness (QED) is 0.932. The van der Waals surface area contributed by atoms with Crippen LogP contribution in [0.25, 0.3) is 0 Å². The summed E-state index contributed by atoms with van der Waals surface area (Å²) in [5, 5.41) is 3.03. The molecule has 3 rings (SSSR count). The van der Waals surface area contributed by atoms with E-state index in [9.17, 15) is 4.39 Å². The maximum Gasteiger partial charge on any atom is 0.169 e. The molecule has 0 spiro atoms. The number of nitrogens with one attached hydrogen (secondary N) is 1. The van der Waals surface area contributed by atoms with Crippen LogP contribution in [-0.4, -0.2) is 13.7 Å². The van der Waals surface area contributed by atoms with Crippen molar-refractivity contribution in [2.24, 2.45) is 0 Å². The lowest BCUT2D eigenvalue weighted by Crippen LogP contribution is -2.07. The predicted octanol–water partition coefficient (Wildman–Crippen LogP) is 3.58. The molecule has 2 aromatic carbocycles. The van der Waals surface area contributed by atoms with Crippen molar-refractivity contribution >= 4 is 0 Å². The smallest absolute Gasteiger partial charge is 0.169 e. The Morgan fingerprint density at radius 1 is 1.29 bits per heavy atom. The highest BCUT2D eigenvalue weighted by atomic mass is 19.1. The van der Waals surface area contributed by atoms with Crippen molar-refractivity contribution in [2.75, 3.05) is 13.7 Å². The summed E-state index contributed by atoms with van der Waals surface area (Å²) < 4.78 is 25.4. The molecule has 0 aromatic heterocycles. The topological polar surface area (TPSA) is 30.5 Å². The lowest BCUT2D eigenvalue weighted by atomic mass is 10.1. The van der Waals surface area contributed by atoms with Crippen LogP contribution in [0.3, 0.4) is 0 Å². The first-order chi connectivity index (χ1) is 10.2. The molecule has 0 unspecified atom stereocenters. The van der Waals surface area contributed by atoms with Gasteiger partial charge in [-0.15, -0.1) is 0 Å². The summed E-state index contributed by atoms with van der Waals surface area (Å²) in [7, 11) is 1.82. The molecular formula is C17H18FNO2. The molecule has 0 saturated carbocycles. The molecule has 1 heterocycles. The largest absolute Gasteiger partial charge is 0.489 e. The molecule has 0 saturated heterocycles. The van der Waals surface area contributed by atoms with Gasteiger partial charge in [0.2, 0.25) is 0 Å². The van der Waals surface area contributed by atoms with E-state index in [1.165, 1.54) is 6.07 Å². The zero-order valence-electron chi connectivity index (χ0n) is 12.2. The second-order valence-corrected chi connectivity index (χ2v) is 5.18. The van der Waals surface area contributed by atoms with Gasteiger partial charge in [-0.2, -0.15) is 0 Å². The van der Waals surface area contributed by atoms with E-state index in [-0.39, 0.29) is 5.82 Å². The van der Waals surface area contributed by atoms with E-state index in [1.807, 2.05) is 25.2 Å². The van der Waals surface area contributed by atoms with Crippen LogP contribution in [0.2, 0.25) is 0 Å². The number of hydrogen-bond acceptors (Lipinski definition) is 3. The summed E-state index contributed by atoms with van der Waals surface area (Å²) >= 11 is 0. The molecule has 1 aliphatic rings.